The summed E-state index contributed by atoms with van der Waals surface area (Å²) in [6.45, 7) is -0.539. The van der Waals surface area contributed by atoms with Crippen molar-refractivity contribution in [3.63, 3.8) is 0 Å². The number of aliphatic hydroxyl groups excluding tert-OH is 3. The Morgan fingerprint density at radius 3 is 2.71 bits per heavy atom. The lowest BCUT2D eigenvalue weighted by Gasteiger charge is -2.17. The summed E-state index contributed by atoms with van der Waals surface area (Å²) in [6.07, 6.45) is -2.98. The van der Waals surface area contributed by atoms with E-state index in [-0.39, 0.29) is 5.56 Å². The highest BCUT2D eigenvalue weighted by molar-refractivity contribution is 5.90. The minimum Gasteiger partial charge on any atom is -0.505 e. The van der Waals surface area contributed by atoms with E-state index in [1.54, 1.807) is 12.1 Å². The number of hydrogen-bond donors (Lipinski definition) is 4. The van der Waals surface area contributed by atoms with Crippen molar-refractivity contribution in [2.45, 2.75) is 12.2 Å². The molecule has 112 valence electrons. The number of cyclic esters (lactones) is 1. The van der Waals surface area contributed by atoms with E-state index in [9.17, 15) is 19.8 Å². The molecule has 8 heteroatoms. The van der Waals surface area contributed by atoms with Gasteiger partial charge in [0.05, 0.1) is 5.56 Å². The molecule has 1 aliphatic rings. The van der Waals surface area contributed by atoms with E-state index in [0.29, 0.717) is 5.69 Å². The summed E-state index contributed by atoms with van der Waals surface area (Å²) >= 11 is 0. The number of aliphatic hydroxyl groups is 3. The van der Waals surface area contributed by atoms with Crippen molar-refractivity contribution in [1.82, 2.24) is 0 Å². The maximum absolute atomic E-state index is 11.7. The number of carbonyl (C=O) groups excluding carboxylic acids is 2. The predicted octanol–water partition coefficient (Wildman–Crippen LogP) is 0.0395. The Labute approximate surface area is 119 Å². The maximum atomic E-state index is 11.7. The average molecular weight is 295 g/mol. The molecule has 0 saturated carbocycles. The van der Waals surface area contributed by atoms with Crippen LogP contribution in [0.3, 0.4) is 0 Å². The highest BCUT2D eigenvalue weighted by atomic mass is 16.6. The van der Waals surface area contributed by atoms with Crippen LogP contribution in [0.1, 0.15) is 10.4 Å². The highest BCUT2D eigenvalue weighted by Crippen LogP contribution is 2.21. The van der Waals surface area contributed by atoms with Gasteiger partial charge in [-0.3, -0.25) is 0 Å². The summed E-state index contributed by atoms with van der Waals surface area (Å²) in [5, 5.41) is 28.2. The Morgan fingerprint density at radius 2 is 2.14 bits per heavy atom. The van der Waals surface area contributed by atoms with Gasteiger partial charge in [0.15, 0.2) is 11.9 Å². The molecule has 0 amide bonds. The number of anilines is 1. The highest BCUT2D eigenvalue weighted by Gasteiger charge is 2.39. The second-order valence-corrected chi connectivity index (χ2v) is 4.35. The third kappa shape index (κ3) is 3.06. The molecule has 1 heterocycles. The largest absolute Gasteiger partial charge is 0.505 e. The first-order chi connectivity index (χ1) is 9.90. The Hall–Kier alpha value is -2.74. The molecule has 0 unspecified atom stereocenters. The predicted molar refractivity (Wildman–Crippen MR) is 69.3 cm³/mol. The van der Waals surface area contributed by atoms with Crippen molar-refractivity contribution in [1.29, 1.82) is 0 Å². The molecule has 21 heavy (non-hydrogen) atoms. The topological polar surface area (TPSA) is 139 Å². The quantitative estimate of drug-likeness (QED) is 0.451. The van der Waals surface area contributed by atoms with Gasteiger partial charge in [-0.05, 0) is 18.2 Å². The SMILES string of the molecule is Nc1cccc(C(=O)OC[C@@H](O)[C@H]2OC(=O)C(O)=C2O)c1. The standard InChI is InChI=1S/C13H13NO7/c14-7-3-1-2-6(4-7)12(18)20-5-8(15)11-9(16)10(17)13(19)21-11/h1-4,8,11,15-17H,5,14H2/t8-,11-/m1/s1. The fraction of sp³-hybridized carbons (Fsp3) is 0.231. The molecular formula is C13H13NO7. The molecule has 8 nitrogen and oxygen atoms in total. The number of nitrogens with two attached hydrogens (primary N) is 1. The van der Waals surface area contributed by atoms with Crippen molar-refractivity contribution >= 4 is 17.6 Å². The van der Waals surface area contributed by atoms with Crippen LogP contribution in [-0.2, 0) is 14.3 Å². The summed E-state index contributed by atoms with van der Waals surface area (Å²) < 4.78 is 9.36. The number of benzene rings is 1. The fourth-order valence-electron chi connectivity index (χ4n) is 1.72. The van der Waals surface area contributed by atoms with Gasteiger partial charge in [-0.25, -0.2) is 9.59 Å². The lowest BCUT2D eigenvalue weighted by Crippen LogP contribution is -2.33. The second kappa shape index (κ2) is 5.71. The number of esters is 2. The lowest BCUT2D eigenvalue weighted by molar-refractivity contribution is -0.147. The van der Waals surface area contributed by atoms with Gasteiger partial charge in [0, 0.05) is 5.69 Å². The van der Waals surface area contributed by atoms with Crippen molar-refractivity contribution in [3.05, 3.63) is 41.3 Å². The van der Waals surface area contributed by atoms with Gasteiger partial charge in [0.25, 0.3) is 0 Å². The Morgan fingerprint density at radius 1 is 1.43 bits per heavy atom. The van der Waals surface area contributed by atoms with Crippen LogP contribution in [0.4, 0.5) is 5.69 Å². The average Bonchev–Trinajstić information content (AvgIpc) is 2.72. The second-order valence-electron chi connectivity index (χ2n) is 4.35. The zero-order valence-corrected chi connectivity index (χ0v) is 10.7. The van der Waals surface area contributed by atoms with E-state index >= 15 is 0 Å². The molecule has 0 spiro atoms. The van der Waals surface area contributed by atoms with Gasteiger partial charge in [-0.15, -0.1) is 0 Å². The van der Waals surface area contributed by atoms with Gasteiger partial charge in [-0.2, -0.15) is 0 Å². The molecule has 1 aliphatic heterocycles. The van der Waals surface area contributed by atoms with Gasteiger partial charge in [0.1, 0.15) is 12.7 Å². The van der Waals surface area contributed by atoms with Gasteiger partial charge < -0.3 is 30.5 Å². The van der Waals surface area contributed by atoms with E-state index in [2.05, 4.69) is 4.74 Å². The van der Waals surface area contributed by atoms with E-state index in [1.807, 2.05) is 0 Å². The minimum atomic E-state index is -1.51. The minimum absolute atomic E-state index is 0.188. The molecule has 0 fully saturated rings. The van der Waals surface area contributed by atoms with Crippen molar-refractivity contribution < 1.29 is 34.4 Å². The van der Waals surface area contributed by atoms with Crippen molar-refractivity contribution in [3.8, 4) is 0 Å². The first-order valence-electron chi connectivity index (χ1n) is 5.94. The third-order valence-corrected chi connectivity index (χ3v) is 2.80. The van der Waals surface area contributed by atoms with Crippen LogP contribution in [-0.4, -0.2) is 46.1 Å². The van der Waals surface area contributed by atoms with Crippen LogP contribution >= 0.6 is 0 Å². The number of carbonyl (C=O) groups is 2. The Balaban J connectivity index is 1.94. The van der Waals surface area contributed by atoms with E-state index < -0.39 is 42.3 Å². The van der Waals surface area contributed by atoms with Crippen LogP contribution in [0, 0.1) is 0 Å². The van der Waals surface area contributed by atoms with Crippen molar-refractivity contribution in [2.75, 3.05) is 12.3 Å². The monoisotopic (exact) mass is 295 g/mol. The van der Waals surface area contributed by atoms with Crippen LogP contribution in [0.5, 0.6) is 0 Å². The lowest BCUT2D eigenvalue weighted by atomic mass is 10.2. The molecule has 1 aromatic carbocycles. The molecule has 2 atom stereocenters. The molecule has 0 radical (unpaired) electrons. The van der Waals surface area contributed by atoms with Crippen LogP contribution in [0.2, 0.25) is 0 Å². The molecular weight excluding hydrogens is 282 g/mol. The molecule has 1 aromatic rings. The first-order valence-corrected chi connectivity index (χ1v) is 5.94. The number of nitrogen functional groups attached to an aromatic ring is 1. The normalized spacial score (nSPS) is 19.3. The summed E-state index contributed by atoms with van der Waals surface area (Å²) in [5.74, 6) is -3.66. The van der Waals surface area contributed by atoms with E-state index in [4.69, 9.17) is 15.6 Å². The molecule has 0 saturated heterocycles. The van der Waals surface area contributed by atoms with Crippen molar-refractivity contribution in [2.24, 2.45) is 0 Å². The molecule has 2 rings (SSSR count). The summed E-state index contributed by atoms with van der Waals surface area (Å²) in [5.41, 5.74) is 6.08. The molecule has 0 bridgehead atoms. The smallest absolute Gasteiger partial charge is 0.377 e. The zero-order valence-electron chi connectivity index (χ0n) is 10.7. The van der Waals surface area contributed by atoms with Crippen LogP contribution in [0.25, 0.3) is 0 Å². The molecule has 0 aromatic heterocycles. The first kappa shape index (κ1) is 14.7. The Bertz CT molecular complexity index is 610. The number of hydrogen-bond acceptors (Lipinski definition) is 8. The van der Waals surface area contributed by atoms with Crippen LogP contribution in [0.15, 0.2) is 35.8 Å². The summed E-state index contributed by atoms with van der Waals surface area (Å²) in [6, 6.07) is 6.03. The third-order valence-electron chi connectivity index (χ3n) is 2.80. The Kier molecular flexibility index (Phi) is 3.99. The molecule has 0 aliphatic carbocycles. The van der Waals surface area contributed by atoms with Gasteiger partial charge in [-0.1, -0.05) is 6.07 Å². The van der Waals surface area contributed by atoms with E-state index in [0.717, 1.165) is 0 Å². The number of ether oxygens (including phenoxy) is 2. The van der Waals surface area contributed by atoms with Crippen LogP contribution < -0.4 is 5.73 Å². The maximum Gasteiger partial charge on any atom is 0.377 e. The summed E-state index contributed by atoms with van der Waals surface area (Å²) in [4.78, 5) is 22.7. The van der Waals surface area contributed by atoms with Gasteiger partial charge >= 0.3 is 11.9 Å². The van der Waals surface area contributed by atoms with Gasteiger partial charge in [0.2, 0.25) is 5.76 Å². The fourth-order valence-corrected chi connectivity index (χ4v) is 1.72. The zero-order chi connectivity index (χ0) is 15.6. The number of rotatable bonds is 4. The summed E-state index contributed by atoms with van der Waals surface area (Å²) in [7, 11) is 0. The van der Waals surface area contributed by atoms with E-state index in [1.165, 1.54) is 12.1 Å². The molecule has 5 N–H and O–H groups in total.